The van der Waals surface area contributed by atoms with Crippen molar-refractivity contribution in [1.82, 2.24) is 5.32 Å². The Bertz CT molecular complexity index is 292. The quantitative estimate of drug-likeness (QED) is 0.594. The molecule has 1 aliphatic heterocycles. The molecule has 1 heteroatoms. The van der Waals surface area contributed by atoms with E-state index in [0.717, 1.165) is 13.0 Å². The van der Waals surface area contributed by atoms with Crippen molar-refractivity contribution < 1.29 is 0 Å². The Kier molecular flexibility index (Phi) is 2.65. The van der Waals surface area contributed by atoms with Crippen LogP contribution >= 0.6 is 0 Å². The fraction of sp³-hybridized carbons (Fsp3) is 0.333. The normalized spacial score (nSPS) is 26.5. The highest BCUT2D eigenvalue weighted by atomic mass is 14.9. The fourth-order valence-electron chi connectivity index (χ4n) is 1.69. The summed E-state index contributed by atoms with van der Waals surface area (Å²) in [4.78, 5) is 0. The molecule has 0 aromatic heterocycles. The van der Waals surface area contributed by atoms with E-state index in [-0.39, 0.29) is 0 Å². The Hall–Kier alpha value is -1.24. The largest absolute Gasteiger partial charge is 0.382 e. The zero-order valence-electron chi connectivity index (χ0n) is 7.79. The van der Waals surface area contributed by atoms with Gasteiger partial charge >= 0.3 is 0 Å². The first-order chi connectivity index (χ1) is 6.47. The topological polar surface area (TPSA) is 12.0 Å². The molecule has 0 aromatic carbocycles. The van der Waals surface area contributed by atoms with Crippen LogP contribution < -0.4 is 5.32 Å². The van der Waals surface area contributed by atoms with Gasteiger partial charge in [0, 0.05) is 12.2 Å². The molecule has 0 radical (unpaired) electrons. The van der Waals surface area contributed by atoms with Crippen molar-refractivity contribution >= 4 is 0 Å². The molecule has 1 heterocycles. The molecule has 1 nitrogen and oxygen atoms in total. The monoisotopic (exact) mass is 173 g/mol. The predicted molar refractivity (Wildman–Crippen MR) is 56.3 cm³/mol. The molecule has 1 N–H and O–H groups in total. The Morgan fingerprint density at radius 3 is 2.85 bits per heavy atom. The fourth-order valence-corrected chi connectivity index (χ4v) is 1.69. The maximum Gasteiger partial charge on any atom is 0.0334 e. The summed E-state index contributed by atoms with van der Waals surface area (Å²) in [5.41, 5.74) is 2.79. The van der Waals surface area contributed by atoms with Gasteiger partial charge in [0.15, 0.2) is 0 Å². The molecule has 68 valence electrons. The number of nitrogens with one attached hydrogen (secondary N) is 1. The first-order valence-electron chi connectivity index (χ1n) is 4.92. The van der Waals surface area contributed by atoms with E-state index >= 15 is 0 Å². The first kappa shape index (κ1) is 8.36. The van der Waals surface area contributed by atoms with E-state index in [1.807, 2.05) is 0 Å². The van der Waals surface area contributed by atoms with Gasteiger partial charge in [-0.3, -0.25) is 0 Å². The number of hydrogen-bond acceptors (Lipinski definition) is 1. The van der Waals surface area contributed by atoms with Gasteiger partial charge in [0.05, 0.1) is 0 Å². The van der Waals surface area contributed by atoms with Crippen LogP contribution in [0.1, 0.15) is 19.3 Å². The van der Waals surface area contributed by atoms with Crippen LogP contribution in [0.2, 0.25) is 0 Å². The molecule has 0 bridgehead atoms. The third-order valence-electron chi connectivity index (χ3n) is 2.38. The lowest BCUT2D eigenvalue weighted by molar-refractivity contribution is 0.852. The van der Waals surface area contributed by atoms with E-state index in [1.54, 1.807) is 0 Å². The highest BCUT2D eigenvalue weighted by Gasteiger charge is 2.06. The van der Waals surface area contributed by atoms with Crippen LogP contribution in [0.15, 0.2) is 47.7 Å². The molecule has 2 aliphatic rings. The predicted octanol–water partition coefficient (Wildman–Crippen LogP) is 2.70. The molecule has 0 saturated carbocycles. The molecule has 0 atom stereocenters. The summed E-state index contributed by atoms with van der Waals surface area (Å²) in [5.74, 6) is 0. The van der Waals surface area contributed by atoms with Crippen LogP contribution in [0.5, 0.6) is 0 Å². The van der Waals surface area contributed by atoms with Crippen LogP contribution in [-0.2, 0) is 0 Å². The minimum absolute atomic E-state index is 0.938. The SMILES string of the molecule is C1=C2C/C=C\C=C/CNC2=CCC1. The van der Waals surface area contributed by atoms with Crippen LogP contribution in [0.4, 0.5) is 0 Å². The van der Waals surface area contributed by atoms with Gasteiger partial charge in [-0.25, -0.2) is 0 Å². The third kappa shape index (κ3) is 2.11. The number of allylic oxidation sites excluding steroid dienone is 6. The second kappa shape index (κ2) is 4.13. The summed E-state index contributed by atoms with van der Waals surface area (Å²) < 4.78 is 0. The van der Waals surface area contributed by atoms with Crippen molar-refractivity contribution in [2.45, 2.75) is 19.3 Å². The smallest absolute Gasteiger partial charge is 0.0334 e. The lowest BCUT2D eigenvalue weighted by atomic mass is 10.0. The summed E-state index contributed by atoms with van der Waals surface area (Å²) in [6.45, 7) is 0.938. The average molecular weight is 173 g/mol. The van der Waals surface area contributed by atoms with Crippen LogP contribution in [0.3, 0.4) is 0 Å². The average Bonchev–Trinajstić information content (AvgIpc) is 2.28. The lowest BCUT2D eigenvalue weighted by Gasteiger charge is -2.15. The highest BCUT2D eigenvalue weighted by molar-refractivity contribution is 5.35. The van der Waals surface area contributed by atoms with E-state index in [2.05, 4.69) is 41.8 Å². The summed E-state index contributed by atoms with van der Waals surface area (Å²) in [6.07, 6.45) is 16.7. The van der Waals surface area contributed by atoms with E-state index in [0.29, 0.717) is 0 Å². The molecule has 0 aromatic rings. The number of rotatable bonds is 0. The van der Waals surface area contributed by atoms with Crippen LogP contribution in [-0.4, -0.2) is 6.54 Å². The standard InChI is InChI=1S/C12H15N/c1-2-6-10-13-12-9-5-4-8-11(12)7-3-1/h1-3,6,8-9,13H,4-5,7,10H2/b3-1-,6-2-. The summed E-state index contributed by atoms with van der Waals surface area (Å²) in [7, 11) is 0. The first-order valence-corrected chi connectivity index (χ1v) is 4.92. The Morgan fingerprint density at radius 2 is 1.85 bits per heavy atom. The van der Waals surface area contributed by atoms with Crippen LogP contribution in [0.25, 0.3) is 0 Å². The van der Waals surface area contributed by atoms with Crippen molar-refractivity contribution in [3.63, 3.8) is 0 Å². The molecular formula is C12H15N. The van der Waals surface area contributed by atoms with Gasteiger partial charge in [-0.2, -0.15) is 0 Å². The molecule has 0 amide bonds. The molecule has 13 heavy (non-hydrogen) atoms. The van der Waals surface area contributed by atoms with Crippen molar-refractivity contribution in [1.29, 1.82) is 0 Å². The van der Waals surface area contributed by atoms with Gasteiger partial charge in [-0.15, -0.1) is 0 Å². The second-order valence-corrected chi connectivity index (χ2v) is 3.37. The van der Waals surface area contributed by atoms with E-state index in [4.69, 9.17) is 0 Å². The second-order valence-electron chi connectivity index (χ2n) is 3.37. The molecular weight excluding hydrogens is 158 g/mol. The van der Waals surface area contributed by atoms with E-state index in [1.165, 1.54) is 24.1 Å². The van der Waals surface area contributed by atoms with Gasteiger partial charge in [-0.05, 0) is 24.8 Å². The molecule has 1 aliphatic carbocycles. The molecule has 2 rings (SSSR count). The maximum atomic E-state index is 3.43. The number of fused-ring (bicyclic) bond motifs is 1. The van der Waals surface area contributed by atoms with Crippen LogP contribution in [0, 0.1) is 0 Å². The summed E-state index contributed by atoms with van der Waals surface area (Å²) in [6, 6.07) is 0. The van der Waals surface area contributed by atoms with Gasteiger partial charge in [0.25, 0.3) is 0 Å². The van der Waals surface area contributed by atoms with Crippen molar-refractivity contribution in [2.75, 3.05) is 6.54 Å². The molecule has 0 fully saturated rings. The molecule has 0 saturated heterocycles. The van der Waals surface area contributed by atoms with Gasteiger partial charge in [-0.1, -0.05) is 36.5 Å². The number of hydrogen-bond donors (Lipinski definition) is 1. The van der Waals surface area contributed by atoms with E-state index in [9.17, 15) is 0 Å². The van der Waals surface area contributed by atoms with Crippen molar-refractivity contribution in [2.24, 2.45) is 0 Å². The van der Waals surface area contributed by atoms with E-state index < -0.39 is 0 Å². The maximum absolute atomic E-state index is 3.43. The zero-order valence-corrected chi connectivity index (χ0v) is 7.79. The van der Waals surface area contributed by atoms with Crippen molar-refractivity contribution in [3.05, 3.63) is 47.7 Å². The zero-order chi connectivity index (χ0) is 8.93. The minimum Gasteiger partial charge on any atom is -0.382 e. The summed E-state index contributed by atoms with van der Waals surface area (Å²) in [5, 5.41) is 3.43. The highest BCUT2D eigenvalue weighted by Crippen LogP contribution is 2.20. The van der Waals surface area contributed by atoms with Gasteiger partial charge in [0.2, 0.25) is 0 Å². The molecule has 0 unspecified atom stereocenters. The summed E-state index contributed by atoms with van der Waals surface area (Å²) >= 11 is 0. The van der Waals surface area contributed by atoms with Gasteiger partial charge < -0.3 is 5.32 Å². The lowest BCUT2D eigenvalue weighted by Crippen LogP contribution is -2.15. The van der Waals surface area contributed by atoms with Gasteiger partial charge in [0.1, 0.15) is 0 Å². The Balaban J connectivity index is 2.17. The minimum atomic E-state index is 0.938. The van der Waals surface area contributed by atoms with Crippen molar-refractivity contribution in [3.8, 4) is 0 Å². The molecule has 0 spiro atoms. The Morgan fingerprint density at radius 1 is 1.00 bits per heavy atom. The Labute approximate surface area is 79.5 Å². The third-order valence-corrected chi connectivity index (χ3v) is 2.38.